The van der Waals surface area contributed by atoms with Crippen molar-refractivity contribution < 1.29 is 15.3 Å². The topological polar surface area (TPSA) is 72.7 Å². The lowest BCUT2D eigenvalue weighted by Crippen LogP contribution is -2.16. The SMILES string of the molecule is Cl.Oc1ccc(CNCCc2ccc(O)c(O)c2)cc1. The third-order valence-electron chi connectivity index (χ3n) is 2.90. The van der Waals surface area contributed by atoms with Crippen molar-refractivity contribution in [2.75, 3.05) is 6.54 Å². The van der Waals surface area contributed by atoms with E-state index in [4.69, 9.17) is 5.11 Å². The van der Waals surface area contributed by atoms with Gasteiger partial charge in [-0.25, -0.2) is 0 Å². The van der Waals surface area contributed by atoms with Gasteiger partial charge in [-0.15, -0.1) is 12.4 Å². The fourth-order valence-corrected chi connectivity index (χ4v) is 1.80. The minimum atomic E-state index is -0.0965. The van der Waals surface area contributed by atoms with Crippen molar-refractivity contribution in [3.63, 3.8) is 0 Å². The molecule has 0 radical (unpaired) electrons. The van der Waals surface area contributed by atoms with Gasteiger partial charge in [-0.2, -0.15) is 0 Å². The van der Waals surface area contributed by atoms with Gasteiger partial charge in [0.05, 0.1) is 0 Å². The van der Waals surface area contributed by atoms with Gasteiger partial charge in [-0.3, -0.25) is 0 Å². The Morgan fingerprint density at radius 3 is 2.10 bits per heavy atom. The van der Waals surface area contributed by atoms with Gasteiger partial charge in [0.15, 0.2) is 11.5 Å². The van der Waals surface area contributed by atoms with E-state index in [9.17, 15) is 10.2 Å². The Hall–Kier alpha value is -1.91. The van der Waals surface area contributed by atoms with Crippen LogP contribution in [0.25, 0.3) is 0 Å². The van der Waals surface area contributed by atoms with Crippen LogP contribution in [0.1, 0.15) is 11.1 Å². The summed E-state index contributed by atoms with van der Waals surface area (Å²) in [5.41, 5.74) is 2.07. The van der Waals surface area contributed by atoms with Gasteiger partial charge in [-0.1, -0.05) is 18.2 Å². The number of phenols is 3. The summed E-state index contributed by atoms with van der Waals surface area (Å²) in [5.74, 6) is 0.0835. The smallest absolute Gasteiger partial charge is 0.157 e. The van der Waals surface area contributed by atoms with Crippen LogP contribution in [0.4, 0.5) is 0 Å². The first-order valence-corrected chi connectivity index (χ1v) is 6.14. The molecular formula is C15H18ClNO3. The number of rotatable bonds is 5. The second-order valence-corrected chi connectivity index (χ2v) is 4.42. The fourth-order valence-electron chi connectivity index (χ4n) is 1.80. The predicted molar refractivity (Wildman–Crippen MR) is 80.5 cm³/mol. The Labute approximate surface area is 124 Å². The van der Waals surface area contributed by atoms with Crippen molar-refractivity contribution >= 4 is 12.4 Å². The van der Waals surface area contributed by atoms with E-state index in [1.54, 1.807) is 24.3 Å². The number of phenolic OH excluding ortho intramolecular Hbond substituents is 3. The van der Waals surface area contributed by atoms with E-state index in [1.165, 1.54) is 6.07 Å². The van der Waals surface area contributed by atoms with E-state index in [0.717, 1.165) is 30.6 Å². The number of benzene rings is 2. The summed E-state index contributed by atoms with van der Waals surface area (Å²) >= 11 is 0. The quantitative estimate of drug-likeness (QED) is 0.505. The van der Waals surface area contributed by atoms with Crippen LogP contribution in [-0.2, 0) is 13.0 Å². The maximum Gasteiger partial charge on any atom is 0.157 e. The van der Waals surface area contributed by atoms with Crippen LogP contribution in [0, 0.1) is 0 Å². The maximum atomic E-state index is 9.37. The van der Waals surface area contributed by atoms with Crippen molar-refractivity contribution in [3.8, 4) is 17.2 Å². The summed E-state index contributed by atoms with van der Waals surface area (Å²) in [7, 11) is 0. The molecule has 0 aliphatic heterocycles. The maximum absolute atomic E-state index is 9.37. The molecule has 0 heterocycles. The molecule has 108 valence electrons. The normalized spacial score (nSPS) is 10.0. The molecule has 0 fully saturated rings. The van der Waals surface area contributed by atoms with Gasteiger partial charge >= 0.3 is 0 Å². The third kappa shape index (κ3) is 4.64. The number of hydrogen-bond acceptors (Lipinski definition) is 4. The Morgan fingerprint density at radius 2 is 1.45 bits per heavy atom. The zero-order valence-electron chi connectivity index (χ0n) is 10.9. The summed E-state index contributed by atoms with van der Waals surface area (Å²) in [5, 5.41) is 31.0. The second-order valence-electron chi connectivity index (χ2n) is 4.42. The Bertz CT molecular complexity index is 543. The van der Waals surface area contributed by atoms with Crippen molar-refractivity contribution in [1.29, 1.82) is 0 Å². The molecule has 2 aromatic rings. The number of halogens is 1. The molecule has 0 bridgehead atoms. The van der Waals surface area contributed by atoms with Crippen molar-refractivity contribution in [3.05, 3.63) is 53.6 Å². The molecule has 2 rings (SSSR count). The molecule has 4 nitrogen and oxygen atoms in total. The van der Waals surface area contributed by atoms with Crippen LogP contribution < -0.4 is 5.32 Å². The molecule has 0 amide bonds. The molecule has 0 atom stereocenters. The summed E-state index contributed by atoms with van der Waals surface area (Å²) in [6, 6.07) is 11.9. The lowest BCUT2D eigenvalue weighted by atomic mass is 10.1. The van der Waals surface area contributed by atoms with Gasteiger partial charge in [-0.05, 0) is 48.4 Å². The highest BCUT2D eigenvalue weighted by atomic mass is 35.5. The zero-order chi connectivity index (χ0) is 13.7. The summed E-state index contributed by atoms with van der Waals surface area (Å²) in [6.45, 7) is 1.50. The molecule has 0 saturated heterocycles. The Kier molecular flexibility index (Phi) is 6.15. The van der Waals surface area contributed by atoms with Gasteiger partial charge < -0.3 is 20.6 Å². The van der Waals surface area contributed by atoms with Gasteiger partial charge in [0.1, 0.15) is 5.75 Å². The number of aromatic hydroxyl groups is 3. The van der Waals surface area contributed by atoms with Crippen molar-refractivity contribution in [2.24, 2.45) is 0 Å². The van der Waals surface area contributed by atoms with E-state index < -0.39 is 0 Å². The monoisotopic (exact) mass is 295 g/mol. The van der Waals surface area contributed by atoms with Crippen LogP contribution in [0.5, 0.6) is 17.2 Å². The third-order valence-corrected chi connectivity index (χ3v) is 2.90. The standard InChI is InChI=1S/C15H17NO3.ClH/c17-13-4-1-12(2-5-13)10-16-8-7-11-3-6-14(18)15(19)9-11;/h1-6,9,16-19H,7-8,10H2;1H. The highest BCUT2D eigenvalue weighted by molar-refractivity contribution is 5.85. The summed E-state index contributed by atoms with van der Waals surface area (Å²) in [6.07, 6.45) is 0.770. The Balaban J connectivity index is 0.00000200. The highest BCUT2D eigenvalue weighted by Gasteiger charge is 2.00. The first-order valence-electron chi connectivity index (χ1n) is 6.14. The number of nitrogens with one attached hydrogen (secondary N) is 1. The molecule has 2 aromatic carbocycles. The van der Waals surface area contributed by atoms with Crippen LogP contribution in [0.15, 0.2) is 42.5 Å². The van der Waals surface area contributed by atoms with Gasteiger partial charge in [0.25, 0.3) is 0 Å². The van der Waals surface area contributed by atoms with E-state index in [2.05, 4.69) is 5.32 Å². The molecule has 0 aliphatic carbocycles. The minimum absolute atomic E-state index is 0. The molecule has 20 heavy (non-hydrogen) atoms. The van der Waals surface area contributed by atoms with Crippen LogP contribution in [-0.4, -0.2) is 21.9 Å². The molecule has 4 N–H and O–H groups in total. The minimum Gasteiger partial charge on any atom is -0.508 e. The van der Waals surface area contributed by atoms with Crippen molar-refractivity contribution in [2.45, 2.75) is 13.0 Å². The van der Waals surface area contributed by atoms with E-state index in [-0.39, 0.29) is 29.7 Å². The largest absolute Gasteiger partial charge is 0.508 e. The van der Waals surface area contributed by atoms with Gasteiger partial charge in [0.2, 0.25) is 0 Å². The fraction of sp³-hybridized carbons (Fsp3) is 0.200. The molecule has 0 aliphatic rings. The van der Waals surface area contributed by atoms with E-state index in [1.807, 2.05) is 12.1 Å². The first-order chi connectivity index (χ1) is 9.15. The van der Waals surface area contributed by atoms with Crippen LogP contribution in [0.3, 0.4) is 0 Å². The second kappa shape index (κ2) is 7.62. The van der Waals surface area contributed by atoms with Crippen LogP contribution >= 0.6 is 12.4 Å². The summed E-state index contributed by atoms with van der Waals surface area (Å²) < 4.78 is 0. The average molecular weight is 296 g/mol. The van der Waals surface area contributed by atoms with Gasteiger partial charge in [0, 0.05) is 6.54 Å². The van der Waals surface area contributed by atoms with Crippen molar-refractivity contribution in [1.82, 2.24) is 5.32 Å². The molecule has 0 unspecified atom stereocenters. The molecule has 0 saturated carbocycles. The van der Waals surface area contributed by atoms with E-state index >= 15 is 0 Å². The predicted octanol–water partition coefficient (Wildman–Crippen LogP) is 2.56. The molecular weight excluding hydrogens is 278 g/mol. The first kappa shape index (κ1) is 16.1. The average Bonchev–Trinajstić information content (AvgIpc) is 2.41. The van der Waals surface area contributed by atoms with E-state index in [0.29, 0.717) is 0 Å². The molecule has 0 spiro atoms. The Morgan fingerprint density at radius 1 is 0.800 bits per heavy atom. The summed E-state index contributed by atoms with van der Waals surface area (Å²) in [4.78, 5) is 0. The highest BCUT2D eigenvalue weighted by Crippen LogP contribution is 2.24. The lowest BCUT2D eigenvalue weighted by Gasteiger charge is -2.06. The molecule has 0 aromatic heterocycles. The van der Waals surface area contributed by atoms with Crippen LogP contribution in [0.2, 0.25) is 0 Å². The number of hydrogen-bond donors (Lipinski definition) is 4. The zero-order valence-corrected chi connectivity index (χ0v) is 11.7. The lowest BCUT2D eigenvalue weighted by molar-refractivity contribution is 0.403. The molecule has 5 heteroatoms.